The first kappa shape index (κ1) is 14.2. The van der Waals surface area contributed by atoms with Gasteiger partial charge in [0.2, 0.25) is 0 Å². The SMILES string of the molecule is CCN(CC(=O)OC)C(=O)c1ccc(C)cc1C. The van der Waals surface area contributed by atoms with E-state index in [-0.39, 0.29) is 12.5 Å². The fraction of sp³-hybridized carbons (Fsp3) is 0.429. The number of aryl methyl sites for hydroxylation is 2. The molecule has 0 aliphatic rings. The van der Waals surface area contributed by atoms with Crippen molar-refractivity contribution in [2.75, 3.05) is 20.2 Å². The first-order valence-corrected chi connectivity index (χ1v) is 5.93. The molecule has 0 heterocycles. The number of methoxy groups -OCH3 is 1. The summed E-state index contributed by atoms with van der Waals surface area (Å²) >= 11 is 0. The van der Waals surface area contributed by atoms with E-state index in [4.69, 9.17) is 0 Å². The van der Waals surface area contributed by atoms with Gasteiger partial charge in [0.25, 0.3) is 5.91 Å². The predicted molar refractivity (Wildman–Crippen MR) is 69.5 cm³/mol. The third kappa shape index (κ3) is 3.32. The van der Waals surface area contributed by atoms with E-state index in [0.717, 1.165) is 11.1 Å². The van der Waals surface area contributed by atoms with Crippen LogP contribution in [0, 0.1) is 13.8 Å². The van der Waals surface area contributed by atoms with Gasteiger partial charge in [0, 0.05) is 12.1 Å². The second-order valence-corrected chi connectivity index (χ2v) is 4.21. The maximum Gasteiger partial charge on any atom is 0.325 e. The van der Waals surface area contributed by atoms with Crippen LogP contribution in [0.1, 0.15) is 28.4 Å². The van der Waals surface area contributed by atoms with Crippen LogP contribution in [0.2, 0.25) is 0 Å². The topological polar surface area (TPSA) is 46.6 Å². The summed E-state index contributed by atoms with van der Waals surface area (Å²) in [6.07, 6.45) is 0. The van der Waals surface area contributed by atoms with Crippen molar-refractivity contribution in [2.24, 2.45) is 0 Å². The van der Waals surface area contributed by atoms with Crippen LogP contribution in [0.25, 0.3) is 0 Å². The van der Waals surface area contributed by atoms with Gasteiger partial charge < -0.3 is 9.64 Å². The molecular formula is C14H19NO3. The maximum absolute atomic E-state index is 12.3. The van der Waals surface area contributed by atoms with Crippen LogP contribution in [-0.2, 0) is 9.53 Å². The fourth-order valence-electron chi connectivity index (χ4n) is 1.77. The highest BCUT2D eigenvalue weighted by Gasteiger charge is 2.18. The Morgan fingerprint density at radius 1 is 1.28 bits per heavy atom. The summed E-state index contributed by atoms with van der Waals surface area (Å²) in [7, 11) is 1.32. The van der Waals surface area contributed by atoms with Crippen LogP contribution in [0.15, 0.2) is 18.2 Å². The summed E-state index contributed by atoms with van der Waals surface area (Å²) in [5.74, 6) is -0.546. The molecule has 0 bridgehead atoms. The van der Waals surface area contributed by atoms with Gasteiger partial charge in [0.15, 0.2) is 0 Å². The van der Waals surface area contributed by atoms with Crippen LogP contribution in [-0.4, -0.2) is 37.0 Å². The van der Waals surface area contributed by atoms with Crippen molar-refractivity contribution >= 4 is 11.9 Å². The Bertz CT molecular complexity index is 454. The lowest BCUT2D eigenvalue weighted by Gasteiger charge is -2.20. The molecule has 4 nitrogen and oxygen atoms in total. The van der Waals surface area contributed by atoms with Crippen molar-refractivity contribution in [2.45, 2.75) is 20.8 Å². The molecule has 4 heteroatoms. The molecule has 0 saturated carbocycles. The van der Waals surface area contributed by atoms with Crippen molar-refractivity contribution in [1.29, 1.82) is 0 Å². The summed E-state index contributed by atoms with van der Waals surface area (Å²) in [5, 5.41) is 0. The first-order chi connectivity index (χ1) is 8.49. The number of hydrogen-bond donors (Lipinski definition) is 0. The Hall–Kier alpha value is -1.84. The summed E-state index contributed by atoms with van der Waals surface area (Å²) < 4.78 is 4.59. The van der Waals surface area contributed by atoms with Crippen molar-refractivity contribution < 1.29 is 14.3 Å². The normalized spacial score (nSPS) is 10.0. The molecule has 98 valence electrons. The number of hydrogen-bond acceptors (Lipinski definition) is 3. The zero-order valence-electron chi connectivity index (χ0n) is 11.3. The number of carbonyl (C=O) groups is 2. The smallest absolute Gasteiger partial charge is 0.325 e. The van der Waals surface area contributed by atoms with Crippen LogP contribution >= 0.6 is 0 Å². The van der Waals surface area contributed by atoms with Crippen LogP contribution < -0.4 is 0 Å². The van der Waals surface area contributed by atoms with E-state index >= 15 is 0 Å². The molecule has 0 spiro atoms. The summed E-state index contributed by atoms with van der Waals surface area (Å²) in [4.78, 5) is 25.0. The van der Waals surface area contributed by atoms with Gasteiger partial charge in [0.05, 0.1) is 7.11 Å². The number of rotatable bonds is 4. The molecule has 0 unspecified atom stereocenters. The zero-order valence-corrected chi connectivity index (χ0v) is 11.3. The molecular weight excluding hydrogens is 230 g/mol. The predicted octanol–water partition coefficient (Wildman–Crippen LogP) is 1.94. The summed E-state index contributed by atoms with van der Waals surface area (Å²) in [5.41, 5.74) is 2.66. The van der Waals surface area contributed by atoms with E-state index in [1.165, 1.54) is 12.0 Å². The van der Waals surface area contributed by atoms with Crippen LogP contribution in [0.3, 0.4) is 0 Å². The number of esters is 1. The van der Waals surface area contributed by atoms with E-state index < -0.39 is 5.97 Å². The lowest BCUT2D eigenvalue weighted by molar-refractivity contribution is -0.141. The number of nitrogens with zero attached hydrogens (tertiary/aromatic N) is 1. The molecule has 0 aliphatic carbocycles. The minimum Gasteiger partial charge on any atom is -0.468 e. The average Bonchev–Trinajstić information content (AvgIpc) is 2.34. The van der Waals surface area contributed by atoms with E-state index in [1.54, 1.807) is 6.07 Å². The molecule has 0 aliphatic heterocycles. The minimum absolute atomic E-state index is 0.0147. The van der Waals surface area contributed by atoms with Gasteiger partial charge in [-0.3, -0.25) is 9.59 Å². The summed E-state index contributed by atoms with van der Waals surface area (Å²) in [6, 6.07) is 5.65. The number of amides is 1. The van der Waals surface area contributed by atoms with E-state index in [1.807, 2.05) is 32.9 Å². The van der Waals surface area contributed by atoms with E-state index in [2.05, 4.69) is 4.74 Å². The molecule has 0 N–H and O–H groups in total. The first-order valence-electron chi connectivity index (χ1n) is 5.93. The van der Waals surface area contributed by atoms with Crippen molar-refractivity contribution in [3.8, 4) is 0 Å². The Morgan fingerprint density at radius 3 is 2.44 bits per heavy atom. The molecule has 0 radical (unpaired) electrons. The lowest BCUT2D eigenvalue weighted by Crippen LogP contribution is -2.36. The molecule has 18 heavy (non-hydrogen) atoms. The van der Waals surface area contributed by atoms with Crippen molar-refractivity contribution in [1.82, 2.24) is 4.90 Å². The molecule has 0 fully saturated rings. The Kier molecular flexibility index (Phi) is 4.89. The van der Waals surface area contributed by atoms with Gasteiger partial charge in [-0.15, -0.1) is 0 Å². The van der Waals surface area contributed by atoms with Gasteiger partial charge in [-0.1, -0.05) is 17.7 Å². The largest absolute Gasteiger partial charge is 0.468 e. The molecule has 0 atom stereocenters. The molecule has 1 aromatic rings. The summed E-state index contributed by atoms with van der Waals surface area (Å²) in [6.45, 7) is 6.17. The lowest BCUT2D eigenvalue weighted by atomic mass is 10.0. The number of likely N-dealkylation sites (N-methyl/N-ethyl adjacent to an activating group) is 1. The standard InChI is InChI=1S/C14H19NO3/c1-5-15(9-13(16)18-4)14(17)12-7-6-10(2)8-11(12)3/h6-8H,5,9H2,1-4H3. The third-order valence-electron chi connectivity index (χ3n) is 2.83. The third-order valence-corrected chi connectivity index (χ3v) is 2.83. The van der Waals surface area contributed by atoms with Crippen LogP contribution in [0.5, 0.6) is 0 Å². The monoisotopic (exact) mass is 249 g/mol. The number of ether oxygens (including phenoxy) is 1. The van der Waals surface area contributed by atoms with Crippen molar-refractivity contribution in [3.63, 3.8) is 0 Å². The molecule has 1 aromatic carbocycles. The van der Waals surface area contributed by atoms with Gasteiger partial charge >= 0.3 is 5.97 Å². The van der Waals surface area contributed by atoms with Gasteiger partial charge in [-0.05, 0) is 32.4 Å². The quantitative estimate of drug-likeness (QED) is 0.766. The Morgan fingerprint density at radius 2 is 1.94 bits per heavy atom. The average molecular weight is 249 g/mol. The Balaban J connectivity index is 2.93. The highest BCUT2D eigenvalue weighted by molar-refractivity contribution is 5.97. The molecule has 1 amide bonds. The highest BCUT2D eigenvalue weighted by Crippen LogP contribution is 2.13. The zero-order chi connectivity index (χ0) is 13.7. The second-order valence-electron chi connectivity index (χ2n) is 4.21. The molecule has 0 saturated heterocycles. The van der Waals surface area contributed by atoms with Gasteiger partial charge in [0.1, 0.15) is 6.54 Å². The van der Waals surface area contributed by atoms with Crippen LogP contribution in [0.4, 0.5) is 0 Å². The fourth-order valence-corrected chi connectivity index (χ4v) is 1.77. The Labute approximate surface area is 108 Å². The number of carbonyl (C=O) groups excluding carboxylic acids is 2. The van der Waals surface area contributed by atoms with Gasteiger partial charge in [-0.2, -0.15) is 0 Å². The molecule has 1 rings (SSSR count). The second kappa shape index (κ2) is 6.19. The number of benzene rings is 1. The minimum atomic E-state index is -0.407. The highest BCUT2D eigenvalue weighted by atomic mass is 16.5. The van der Waals surface area contributed by atoms with Crippen molar-refractivity contribution in [3.05, 3.63) is 34.9 Å². The van der Waals surface area contributed by atoms with E-state index in [9.17, 15) is 9.59 Å². The molecule has 0 aromatic heterocycles. The maximum atomic E-state index is 12.3. The van der Waals surface area contributed by atoms with Gasteiger partial charge in [-0.25, -0.2) is 0 Å². The van der Waals surface area contributed by atoms with E-state index in [0.29, 0.717) is 12.1 Å².